The summed E-state index contributed by atoms with van der Waals surface area (Å²) in [6.07, 6.45) is 0. The first-order valence-electron chi connectivity index (χ1n) is 10.3. The number of benzene rings is 3. The van der Waals surface area contributed by atoms with Crippen LogP contribution < -0.4 is 14.8 Å². The van der Waals surface area contributed by atoms with Crippen molar-refractivity contribution in [1.82, 2.24) is 9.78 Å². The molecule has 8 nitrogen and oxygen atoms in total. The van der Waals surface area contributed by atoms with E-state index in [4.69, 9.17) is 9.47 Å². The van der Waals surface area contributed by atoms with E-state index in [2.05, 4.69) is 10.4 Å². The van der Waals surface area contributed by atoms with Crippen LogP contribution in [0.1, 0.15) is 11.3 Å². The van der Waals surface area contributed by atoms with E-state index in [-0.39, 0.29) is 18.1 Å². The van der Waals surface area contributed by atoms with E-state index < -0.39 is 15.7 Å². The number of methoxy groups -OCH3 is 1. The number of fused-ring (bicyclic) bond motifs is 2. The number of ether oxygens (including phenoxy) is 2. The number of hydrogen-bond donors (Lipinski definition) is 1. The molecular weight excluding hydrogens is 442 g/mol. The molecule has 0 saturated heterocycles. The van der Waals surface area contributed by atoms with Crippen molar-refractivity contribution >= 4 is 32.3 Å². The number of amides is 1. The topological polar surface area (TPSA) is 99.5 Å². The van der Waals surface area contributed by atoms with E-state index in [1.54, 1.807) is 36.1 Å². The maximum absolute atomic E-state index is 12.7. The summed E-state index contributed by atoms with van der Waals surface area (Å²) in [5.41, 5.74) is 1.62. The SMILES string of the molecule is COc1ccc(-n2nc3c(c2NC(=O)COc2ccc4ccccc4c2)CS(=O)(=O)C3)cc1. The first-order valence-corrected chi connectivity index (χ1v) is 12.1. The number of sulfone groups is 1. The van der Waals surface area contributed by atoms with Crippen molar-refractivity contribution in [3.05, 3.63) is 78.0 Å². The van der Waals surface area contributed by atoms with Crippen molar-refractivity contribution < 1.29 is 22.7 Å². The van der Waals surface area contributed by atoms with Gasteiger partial charge < -0.3 is 14.8 Å². The van der Waals surface area contributed by atoms with Gasteiger partial charge >= 0.3 is 0 Å². The van der Waals surface area contributed by atoms with Crippen molar-refractivity contribution in [2.24, 2.45) is 0 Å². The monoisotopic (exact) mass is 463 g/mol. The molecule has 9 heteroatoms. The standard InChI is InChI=1S/C24H21N3O5S/c1-31-19-10-7-18(8-11-19)27-24(21-14-33(29,30)15-22(21)26-27)25-23(28)13-32-20-9-6-16-4-2-3-5-17(16)12-20/h2-12H,13-15H2,1H3,(H,25,28). The van der Waals surface area contributed by atoms with Gasteiger partial charge in [-0.15, -0.1) is 0 Å². The lowest BCUT2D eigenvalue weighted by molar-refractivity contribution is -0.118. The van der Waals surface area contributed by atoms with Crippen LogP contribution >= 0.6 is 0 Å². The molecule has 2 heterocycles. The summed E-state index contributed by atoms with van der Waals surface area (Å²) in [6.45, 7) is -0.229. The predicted molar refractivity (Wildman–Crippen MR) is 125 cm³/mol. The van der Waals surface area contributed by atoms with E-state index in [1.165, 1.54) is 0 Å². The van der Waals surface area contributed by atoms with Crippen LogP contribution in [0.4, 0.5) is 5.82 Å². The maximum atomic E-state index is 12.7. The number of nitrogens with zero attached hydrogens (tertiary/aromatic N) is 2. The van der Waals surface area contributed by atoms with Crippen LogP contribution in [0.25, 0.3) is 16.5 Å². The summed E-state index contributed by atoms with van der Waals surface area (Å²) < 4.78 is 36.7. The minimum atomic E-state index is -3.28. The zero-order valence-corrected chi connectivity index (χ0v) is 18.6. The van der Waals surface area contributed by atoms with Gasteiger partial charge in [0, 0.05) is 5.56 Å². The number of anilines is 1. The van der Waals surface area contributed by atoms with Gasteiger partial charge in [0.05, 0.1) is 30.0 Å². The molecule has 1 N–H and O–H groups in total. The second-order valence-corrected chi connectivity index (χ2v) is 9.83. The summed E-state index contributed by atoms with van der Waals surface area (Å²) in [5.74, 6) is 0.852. The molecular formula is C24H21N3O5S. The Kier molecular flexibility index (Phi) is 5.26. The van der Waals surface area contributed by atoms with Gasteiger partial charge in [-0.3, -0.25) is 4.79 Å². The highest BCUT2D eigenvalue weighted by atomic mass is 32.2. The highest BCUT2D eigenvalue weighted by Crippen LogP contribution is 2.33. The molecule has 1 amide bonds. The molecule has 0 fully saturated rings. The summed E-state index contributed by atoms with van der Waals surface area (Å²) >= 11 is 0. The average molecular weight is 464 g/mol. The Labute approximate surface area is 190 Å². The number of hydrogen-bond acceptors (Lipinski definition) is 6. The van der Waals surface area contributed by atoms with Crippen LogP contribution in [-0.2, 0) is 26.1 Å². The first-order chi connectivity index (χ1) is 15.9. The fourth-order valence-corrected chi connectivity index (χ4v) is 5.35. The van der Waals surface area contributed by atoms with Crippen LogP contribution in [-0.4, -0.2) is 37.8 Å². The molecule has 1 aromatic heterocycles. The largest absolute Gasteiger partial charge is 0.497 e. The van der Waals surface area contributed by atoms with Crippen molar-refractivity contribution in [3.8, 4) is 17.2 Å². The Hall–Kier alpha value is -3.85. The fraction of sp³-hybridized carbons (Fsp3) is 0.167. The molecule has 5 rings (SSSR count). The van der Waals surface area contributed by atoms with Gasteiger partial charge in [0.25, 0.3) is 5.91 Å². The molecule has 33 heavy (non-hydrogen) atoms. The van der Waals surface area contributed by atoms with Gasteiger partial charge in [-0.1, -0.05) is 30.3 Å². The first kappa shape index (κ1) is 21.0. The quantitative estimate of drug-likeness (QED) is 0.470. The predicted octanol–water partition coefficient (Wildman–Crippen LogP) is 3.48. The highest BCUT2D eigenvalue weighted by Gasteiger charge is 2.33. The second kappa shape index (κ2) is 8.25. The van der Waals surface area contributed by atoms with Gasteiger partial charge in [-0.2, -0.15) is 5.10 Å². The molecule has 0 bridgehead atoms. The molecule has 0 spiro atoms. The van der Waals surface area contributed by atoms with Gasteiger partial charge in [0.15, 0.2) is 16.4 Å². The van der Waals surface area contributed by atoms with Gasteiger partial charge in [-0.05, 0) is 47.2 Å². The normalized spacial score (nSPS) is 14.1. The zero-order valence-electron chi connectivity index (χ0n) is 17.8. The average Bonchev–Trinajstić information content (AvgIpc) is 3.29. The third kappa shape index (κ3) is 4.27. The summed E-state index contributed by atoms with van der Waals surface area (Å²) in [4.78, 5) is 12.7. The maximum Gasteiger partial charge on any atom is 0.263 e. The molecule has 1 aliphatic heterocycles. The van der Waals surface area contributed by atoms with Crippen molar-refractivity contribution in [3.63, 3.8) is 0 Å². The number of nitrogens with one attached hydrogen (secondary N) is 1. The van der Waals surface area contributed by atoms with Crippen molar-refractivity contribution in [2.75, 3.05) is 19.0 Å². The number of carbonyl (C=O) groups is 1. The summed E-state index contributed by atoms with van der Waals surface area (Å²) in [7, 11) is -1.71. The summed E-state index contributed by atoms with van der Waals surface area (Å²) in [6, 6.07) is 20.6. The summed E-state index contributed by atoms with van der Waals surface area (Å²) in [5, 5.41) is 9.35. The molecule has 168 valence electrons. The molecule has 4 aromatic rings. The highest BCUT2D eigenvalue weighted by molar-refractivity contribution is 7.90. The van der Waals surface area contributed by atoms with Crippen molar-refractivity contribution in [2.45, 2.75) is 11.5 Å². The molecule has 0 aliphatic carbocycles. The molecule has 3 aromatic carbocycles. The molecule has 0 radical (unpaired) electrons. The number of rotatable bonds is 6. The van der Waals surface area contributed by atoms with Crippen LogP contribution in [0.5, 0.6) is 11.5 Å². The Balaban J connectivity index is 1.38. The lowest BCUT2D eigenvalue weighted by Gasteiger charge is -2.12. The smallest absolute Gasteiger partial charge is 0.263 e. The molecule has 0 atom stereocenters. The lowest BCUT2D eigenvalue weighted by atomic mass is 10.1. The minimum Gasteiger partial charge on any atom is -0.497 e. The number of aromatic nitrogens is 2. The fourth-order valence-electron chi connectivity index (χ4n) is 3.86. The molecule has 1 aliphatic rings. The van der Waals surface area contributed by atoms with E-state index in [9.17, 15) is 13.2 Å². The van der Waals surface area contributed by atoms with E-state index in [0.717, 1.165) is 10.8 Å². The Bertz CT molecular complexity index is 1460. The second-order valence-electron chi connectivity index (χ2n) is 7.76. The minimum absolute atomic E-state index is 0.151. The third-order valence-electron chi connectivity index (χ3n) is 5.45. The number of carbonyl (C=O) groups excluding carboxylic acids is 1. The zero-order chi connectivity index (χ0) is 23.0. The van der Waals surface area contributed by atoms with Gasteiger partial charge in [0.2, 0.25) is 0 Å². The Morgan fingerprint density at radius 2 is 1.73 bits per heavy atom. The van der Waals surface area contributed by atoms with E-state index in [1.807, 2.05) is 42.5 Å². The van der Waals surface area contributed by atoms with E-state index in [0.29, 0.717) is 34.3 Å². The van der Waals surface area contributed by atoms with E-state index >= 15 is 0 Å². The molecule has 0 saturated carbocycles. The molecule has 0 unspecified atom stereocenters. The Morgan fingerprint density at radius 1 is 1.00 bits per heavy atom. The third-order valence-corrected chi connectivity index (χ3v) is 6.90. The van der Waals surface area contributed by atoms with Gasteiger partial charge in [-0.25, -0.2) is 13.1 Å². The van der Waals surface area contributed by atoms with Crippen LogP contribution in [0.2, 0.25) is 0 Å². The van der Waals surface area contributed by atoms with Crippen LogP contribution in [0.3, 0.4) is 0 Å². The van der Waals surface area contributed by atoms with Crippen LogP contribution in [0.15, 0.2) is 66.7 Å². The van der Waals surface area contributed by atoms with Crippen LogP contribution in [0, 0.1) is 0 Å². The Morgan fingerprint density at radius 3 is 2.48 bits per heavy atom. The van der Waals surface area contributed by atoms with Crippen molar-refractivity contribution in [1.29, 1.82) is 0 Å². The lowest BCUT2D eigenvalue weighted by Crippen LogP contribution is -2.22. The van der Waals surface area contributed by atoms with Gasteiger partial charge in [0.1, 0.15) is 17.3 Å².